The van der Waals surface area contributed by atoms with Gasteiger partial charge in [0.15, 0.2) is 0 Å². The number of nitrogens with one attached hydrogen (secondary N) is 1. The second-order valence-corrected chi connectivity index (χ2v) is 5.84. The standard InChI is InChI=1S/C15H18N2O2S/c1-4-5-13(14-7-6-10(2)20-14)16-17-15(18)12-8-9-19-11(12)3/h6-9H,4-5H2,1-3H3,(H,17,18)/b16-13-. The molecule has 0 unspecified atom stereocenters. The van der Waals surface area contributed by atoms with Gasteiger partial charge in [0.25, 0.3) is 5.91 Å². The molecule has 0 saturated heterocycles. The average Bonchev–Trinajstić information content (AvgIpc) is 3.03. The summed E-state index contributed by atoms with van der Waals surface area (Å²) in [5, 5.41) is 4.28. The van der Waals surface area contributed by atoms with Crippen LogP contribution in [0.1, 0.15) is 45.6 Å². The van der Waals surface area contributed by atoms with Crippen molar-refractivity contribution in [3.8, 4) is 0 Å². The van der Waals surface area contributed by atoms with Crippen LogP contribution in [0.2, 0.25) is 0 Å². The fourth-order valence-corrected chi connectivity index (χ4v) is 2.74. The number of aryl methyl sites for hydroxylation is 2. The number of amides is 1. The molecule has 106 valence electrons. The molecular formula is C15H18N2O2S. The van der Waals surface area contributed by atoms with Crippen molar-refractivity contribution in [2.45, 2.75) is 33.6 Å². The number of carbonyl (C=O) groups excluding carboxylic acids is 1. The zero-order valence-corrected chi connectivity index (χ0v) is 12.7. The largest absolute Gasteiger partial charge is 0.469 e. The molecule has 0 aliphatic heterocycles. The third-order valence-electron chi connectivity index (χ3n) is 2.91. The third kappa shape index (κ3) is 3.36. The summed E-state index contributed by atoms with van der Waals surface area (Å²) in [6, 6.07) is 5.76. The van der Waals surface area contributed by atoms with Gasteiger partial charge >= 0.3 is 0 Å². The molecule has 0 fully saturated rings. The maximum absolute atomic E-state index is 12.0. The summed E-state index contributed by atoms with van der Waals surface area (Å²) in [6.07, 6.45) is 3.32. The van der Waals surface area contributed by atoms with Crippen LogP contribution in [0.15, 0.2) is 34.0 Å². The van der Waals surface area contributed by atoms with Crippen molar-refractivity contribution in [3.63, 3.8) is 0 Å². The molecule has 2 aromatic rings. The van der Waals surface area contributed by atoms with Gasteiger partial charge in [-0.25, -0.2) is 5.43 Å². The normalized spacial score (nSPS) is 11.7. The Balaban J connectivity index is 2.14. The van der Waals surface area contributed by atoms with Crippen molar-refractivity contribution in [2.75, 3.05) is 0 Å². The molecule has 5 heteroatoms. The van der Waals surface area contributed by atoms with E-state index in [1.54, 1.807) is 24.3 Å². The number of hydrogen-bond acceptors (Lipinski definition) is 4. The Morgan fingerprint density at radius 3 is 2.70 bits per heavy atom. The number of hydrazone groups is 1. The van der Waals surface area contributed by atoms with Gasteiger partial charge in [0.1, 0.15) is 5.76 Å². The van der Waals surface area contributed by atoms with Crippen LogP contribution in [0.4, 0.5) is 0 Å². The lowest BCUT2D eigenvalue weighted by atomic mass is 10.2. The van der Waals surface area contributed by atoms with Gasteiger partial charge in [0.2, 0.25) is 0 Å². The molecule has 0 saturated carbocycles. The Bertz CT molecular complexity index is 625. The first-order chi connectivity index (χ1) is 9.61. The maximum atomic E-state index is 12.0. The average molecular weight is 290 g/mol. The Morgan fingerprint density at radius 1 is 1.35 bits per heavy atom. The van der Waals surface area contributed by atoms with Crippen LogP contribution in [-0.2, 0) is 0 Å². The van der Waals surface area contributed by atoms with Crippen LogP contribution in [0, 0.1) is 13.8 Å². The molecule has 0 aromatic carbocycles. The van der Waals surface area contributed by atoms with Crippen LogP contribution in [0.5, 0.6) is 0 Å². The minimum Gasteiger partial charge on any atom is -0.469 e. The molecular weight excluding hydrogens is 272 g/mol. The first kappa shape index (κ1) is 14.5. The lowest BCUT2D eigenvalue weighted by molar-refractivity contribution is 0.0953. The second kappa shape index (κ2) is 6.52. The van der Waals surface area contributed by atoms with Crippen molar-refractivity contribution in [1.29, 1.82) is 0 Å². The Morgan fingerprint density at radius 2 is 2.15 bits per heavy atom. The van der Waals surface area contributed by atoms with Crippen LogP contribution in [0.3, 0.4) is 0 Å². The van der Waals surface area contributed by atoms with E-state index >= 15 is 0 Å². The van der Waals surface area contributed by atoms with Crippen molar-refractivity contribution in [3.05, 3.63) is 45.5 Å². The quantitative estimate of drug-likeness (QED) is 0.671. The SMILES string of the molecule is CCC/C(=N/NC(=O)c1ccoc1C)c1ccc(C)s1. The summed E-state index contributed by atoms with van der Waals surface area (Å²) in [5.41, 5.74) is 4.05. The number of thiophene rings is 1. The molecule has 0 spiro atoms. The highest BCUT2D eigenvalue weighted by atomic mass is 32.1. The number of hydrogen-bond donors (Lipinski definition) is 1. The van der Waals surface area contributed by atoms with Gasteiger partial charge < -0.3 is 4.42 Å². The van der Waals surface area contributed by atoms with E-state index in [0.717, 1.165) is 23.4 Å². The summed E-state index contributed by atoms with van der Waals surface area (Å²) in [6.45, 7) is 5.91. The number of furan rings is 1. The zero-order valence-electron chi connectivity index (χ0n) is 11.9. The molecule has 0 radical (unpaired) electrons. The molecule has 0 aliphatic rings. The van der Waals surface area contributed by atoms with Crippen molar-refractivity contribution in [2.24, 2.45) is 5.10 Å². The van der Waals surface area contributed by atoms with Gasteiger partial charge in [0.05, 0.1) is 22.4 Å². The van der Waals surface area contributed by atoms with E-state index in [1.165, 1.54) is 11.1 Å². The highest BCUT2D eigenvalue weighted by molar-refractivity contribution is 7.14. The monoisotopic (exact) mass is 290 g/mol. The highest BCUT2D eigenvalue weighted by Gasteiger charge is 2.12. The van der Waals surface area contributed by atoms with E-state index in [-0.39, 0.29) is 5.91 Å². The molecule has 4 nitrogen and oxygen atoms in total. The van der Waals surface area contributed by atoms with E-state index in [0.29, 0.717) is 11.3 Å². The first-order valence-electron chi connectivity index (χ1n) is 6.59. The molecule has 2 rings (SSSR count). The van der Waals surface area contributed by atoms with Gasteiger partial charge in [-0.05, 0) is 38.5 Å². The lowest BCUT2D eigenvalue weighted by Gasteiger charge is -2.03. The predicted molar refractivity (Wildman–Crippen MR) is 81.4 cm³/mol. The van der Waals surface area contributed by atoms with Crippen molar-refractivity contribution < 1.29 is 9.21 Å². The Labute approximate surface area is 122 Å². The Hall–Kier alpha value is -1.88. The van der Waals surface area contributed by atoms with E-state index < -0.39 is 0 Å². The molecule has 20 heavy (non-hydrogen) atoms. The number of rotatable bonds is 5. The molecule has 1 amide bonds. The lowest BCUT2D eigenvalue weighted by Crippen LogP contribution is -2.20. The molecule has 0 atom stereocenters. The molecule has 1 N–H and O–H groups in total. The van der Waals surface area contributed by atoms with Crippen LogP contribution in [0.25, 0.3) is 0 Å². The smallest absolute Gasteiger partial charge is 0.274 e. The first-order valence-corrected chi connectivity index (χ1v) is 7.41. The second-order valence-electron chi connectivity index (χ2n) is 4.55. The minimum atomic E-state index is -0.238. The van der Waals surface area contributed by atoms with Crippen molar-refractivity contribution >= 4 is 23.0 Å². The Kier molecular flexibility index (Phi) is 4.74. The molecule has 0 aliphatic carbocycles. The zero-order chi connectivity index (χ0) is 14.5. The number of nitrogens with zero attached hydrogens (tertiary/aromatic N) is 1. The number of carbonyl (C=O) groups is 1. The van der Waals surface area contributed by atoms with Crippen molar-refractivity contribution in [1.82, 2.24) is 5.43 Å². The molecule has 2 aromatic heterocycles. The summed E-state index contributed by atoms with van der Waals surface area (Å²) in [7, 11) is 0. The topological polar surface area (TPSA) is 54.6 Å². The summed E-state index contributed by atoms with van der Waals surface area (Å²) in [4.78, 5) is 14.3. The summed E-state index contributed by atoms with van der Waals surface area (Å²) in [5.74, 6) is 0.361. The van der Waals surface area contributed by atoms with Crippen LogP contribution in [-0.4, -0.2) is 11.6 Å². The summed E-state index contributed by atoms with van der Waals surface area (Å²) >= 11 is 1.69. The highest BCUT2D eigenvalue weighted by Crippen LogP contribution is 2.18. The molecule has 0 bridgehead atoms. The minimum absolute atomic E-state index is 0.238. The maximum Gasteiger partial charge on any atom is 0.274 e. The van der Waals surface area contributed by atoms with Crippen LogP contribution < -0.4 is 5.43 Å². The fraction of sp³-hybridized carbons (Fsp3) is 0.333. The van der Waals surface area contributed by atoms with E-state index in [1.807, 2.05) is 6.07 Å². The van der Waals surface area contributed by atoms with Crippen LogP contribution >= 0.6 is 11.3 Å². The summed E-state index contributed by atoms with van der Waals surface area (Å²) < 4.78 is 5.12. The molecule has 2 heterocycles. The fourth-order valence-electron chi connectivity index (χ4n) is 1.86. The predicted octanol–water partition coefficient (Wildman–Crippen LogP) is 3.89. The van der Waals surface area contributed by atoms with E-state index in [2.05, 4.69) is 30.4 Å². The van der Waals surface area contributed by atoms with Gasteiger partial charge in [0, 0.05) is 4.88 Å². The van der Waals surface area contributed by atoms with Gasteiger partial charge in [-0.15, -0.1) is 11.3 Å². The van der Waals surface area contributed by atoms with Gasteiger partial charge in [-0.1, -0.05) is 13.3 Å². The third-order valence-corrected chi connectivity index (χ3v) is 3.96. The van der Waals surface area contributed by atoms with Gasteiger partial charge in [-0.3, -0.25) is 4.79 Å². The van der Waals surface area contributed by atoms with E-state index in [9.17, 15) is 4.79 Å². The van der Waals surface area contributed by atoms with E-state index in [4.69, 9.17) is 4.42 Å². The van der Waals surface area contributed by atoms with Gasteiger partial charge in [-0.2, -0.15) is 5.10 Å².